The predicted octanol–water partition coefficient (Wildman–Crippen LogP) is 7.22. The predicted molar refractivity (Wildman–Crippen MR) is 156 cm³/mol. The molecule has 7 rings (SSSR count). The second kappa shape index (κ2) is 11.4. The van der Waals surface area contributed by atoms with E-state index in [1.165, 1.54) is 0 Å². The number of carbonyl (C=O) groups is 1. The molecule has 204 valence electrons. The molecule has 1 aromatic heterocycles. The van der Waals surface area contributed by atoms with Gasteiger partial charge in [0.25, 0.3) is 0 Å². The number of pyridine rings is 1. The maximum atomic E-state index is 13.4. The van der Waals surface area contributed by atoms with Gasteiger partial charge in [-0.15, -0.1) is 6.58 Å². The Labute approximate surface area is 234 Å². The van der Waals surface area contributed by atoms with Gasteiger partial charge in [0, 0.05) is 29.4 Å². The number of amides is 1. The third-order valence-corrected chi connectivity index (χ3v) is 8.11. The number of rotatable bonds is 8. The summed E-state index contributed by atoms with van der Waals surface area (Å²) < 4.78 is 17.7. The normalized spacial score (nSPS) is 22.3. The fourth-order valence-electron chi connectivity index (χ4n) is 6.06. The highest BCUT2D eigenvalue weighted by molar-refractivity contribution is 5.87. The molecule has 40 heavy (non-hydrogen) atoms. The van der Waals surface area contributed by atoms with E-state index in [4.69, 9.17) is 14.2 Å². The van der Waals surface area contributed by atoms with Crippen LogP contribution in [-0.2, 0) is 4.74 Å². The molecule has 0 saturated carbocycles. The van der Waals surface area contributed by atoms with Crippen molar-refractivity contribution < 1.29 is 19.0 Å². The summed E-state index contributed by atoms with van der Waals surface area (Å²) in [6.07, 6.45) is 4.95. The summed E-state index contributed by atoms with van der Waals surface area (Å²) in [5.41, 5.74) is 2.39. The van der Waals surface area contributed by atoms with E-state index < -0.39 is 12.2 Å². The fraction of sp³-hybridized carbons (Fsp3) is 0.273. The summed E-state index contributed by atoms with van der Waals surface area (Å²) >= 11 is 0. The quantitative estimate of drug-likeness (QED) is 0.240. The largest absolute Gasteiger partial charge is 0.497 e. The van der Waals surface area contributed by atoms with Gasteiger partial charge < -0.3 is 14.2 Å². The molecule has 0 radical (unpaired) electrons. The van der Waals surface area contributed by atoms with Gasteiger partial charge in [-0.1, -0.05) is 24.3 Å². The van der Waals surface area contributed by atoms with Crippen LogP contribution in [0.1, 0.15) is 24.5 Å². The summed E-state index contributed by atoms with van der Waals surface area (Å²) in [6.45, 7) is 5.97. The van der Waals surface area contributed by atoms with Crippen LogP contribution >= 0.6 is 0 Å². The van der Waals surface area contributed by atoms with E-state index in [2.05, 4.69) is 27.9 Å². The number of nitrogens with one attached hydrogen (secondary N) is 1. The monoisotopic (exact) mass is 535 g/mol. The van der Waals surface area contributed by atoms with Gasteiger partial charge in [-0.05, 0) is 91.9 Å². The van der Waals surface area contributed by atoms with Crippen LogP contribution in [0.4, 0.5) is 10.5 Å². The smallest absolute Gasteiger partial charge is 0.412 e. The van der Waals surface area contributed by atoms with Crippen molar-refractivity contribution in [2.45, 2.75) is 25.0 Å². The summed E-state index contributed by atoms with van der Waals surface area (Å²) in [7, 11) is 1.65. The van der Waals surface area contributed by atoms with E-state index in [1.54, 1.807) is 13.3 Å². The van der Waals surface area contributed by atoms with Crippen molar-refractivity contribution in [1.29, 1.82) is 0 Å². The Morgan fingerprint density at radius 2 is 1.82 bits per heavy atom. The second-order valence-electron chi connectivity index (χ2n) is 10.4. The average Bonchev–Trinajstić information content (AvgIpc) is 3.01. The van der Waals surface area contributed by atoms with E-state index in [0.717, 1.165) is 53.9 Å². The molecule has 4 heterocycles. The first-order valence-electron chi connectivity index (χ1n) is 13.7. The van der Waals surface area contributed by atoms with E-state index in [-0.39, 0.29) is 6.04 Å². The molecule has 3 fully saturated rings. The number of ether oxygens (including phenoxy) is 3. The van der Waals surface area contributed by atoms with Crippen LogP contribution in [0.5, 0.6) is 17.2 Å². The molecular formula is C33H33N3O4. The minimum atomic E-state index is -0.502. The molecule has 3 saturated heterocycles. The van der Waals surface area contributed by atoms with Crippen molar-refractivity contribution >= 4 is 22.7 Å². The number of nitrogens with zero attached hydrogens (tertiary/aromatic N) is 2. The number of methoxy groups -OCH3 is 1. The van der Waals surface area contributed by atoms with Crippen molar-refractivity contribution in [1.82, 2.24) is 9.88 Å². The number of benzene rings is 3. The number of hydrogen-bond donors (Lipinski definition) is 1. The van der Waals surface area contributed by atoms with Crippen molar-refractivity contribution in [2.75, 3.05) is 25.5 Å². The molecule has 1 amide bonds. The number of anilines is 1. The van der Waals surface area contributed by atoms with Gasteiger partial charge in [-0.3, -0.25) is 15.2 Å². The standard InChI is InChI=1S/C33H33N3O4/c1-3-22-21-36-18-16-23(22)19-31(36)32(28-15-17-34-30-14-13-27(38-2)20-29(28)30)40-33(37)35-24-9-11-26(12-10-24)39-25-7-5-4-6-8-25/h3-15,17,20,22-23,31-32H,1,16,18-19,21H2,2H3,(H,35,37)/t22-,23-,31-,32+/m0/s1. The molecule has 3 aliphatic rings. The van der Waals surface area contributed by atoms with Crippen LogP contribution in [-0.4, -0.2) is 42.2 Å². The van der Waals surface area contributed by atoms with Crippen LogP contribution < -0.4 is 14.8 Å². The first-order valence-corrected chi connectivity index (χ1v) is 13.7. The van der Waals surface area contributed by atoms with Crippen LogP contribution in [0.3, 0.4) is 0 Å². The molecule has 3 aliphatic heterocycles. The van der Waals surface area contributed by atoms with E-state index in [9.17, 15) is 4.79 Å². The molecule has 7 heteroatoms. The molecule has 3 aromatic carbocycles. The van der Waals surface area contributed by atoms with Gasteiger partial charge in [0.15, 0.2) is 0 Å². The molecule has 2 bridgehead atoms. The van der Waals surface area contributed by atoms with Gasteiger partial charge in [0.1, 0.15) is 23.4 Å². The lowest BCUT2D eigenvalue weighted by molar-refractivity contribution is -0.0473. The summed E-state index contributed by atoms with van der Waals surface area (Å²) in [5.74, 6) is 3.16. The number of piperidine rings is 3. The number of fused-ring (bicyclic) bond motifs is 4. The Morgan fingerprint density at radius 1 is 1.05 bits per heavy atom. The lowest BCUT2D eigenvalue weighted by Gasteiger charge is -2.51. The van der Waals surface area contributed by atoms with Gasteiger partial charge in [0.2, 0.25) is 0 Å². The van der Waals surface area contributed by atoms with Crippen LogP contribution in [0.15, 0.2) is 97.7 Å². The number of carbonyl (C=O) groups excluding carboxylic acids is 1. The first-order chi connectivity index (χ1) is 19.6. The molecule has 1 unspecified atom stereocenters. The topological polar surface area (TPSA) is 72.9 Å². The summed E-state index contributed by atoms with van der Waals surface area (Å²) in [6, 6.07) is 24.7. The number of hydrogen-bond acceptors (Lipinski definition) is 6. The average molecular weight is 536 g/mol. The Bertz CT molecular complexity index is 1490. The Balaban J connectivity index is 1.25. The molecule has 0 spiro atoms. The Hall–Kier alpha value is -4.36. The van der Waals surface area contributed by atoms with Crippen molar-refractivity contribution in [3.63, 3.8) is 0 Å². The maximum Gasteiger partial charge on any atom is 0.412 e. The molecule has 0 aliphatic carbocycles. The maximum absolute atomic E-state index is 13.4. The third-order valence-electron chi connectivity index (χ3n) is 8.11. The highest BCUT2D eigenvalue weighted by atomic mass is 16.6. The Kier molecular flexibility index (Phi) is 7.38. The van der Waals surface area contributed by atoms with E-state index in [0.29, 0.717) is 23.3 Å². The van der Waals surface area contributed by atoms with Crippen LogP contribution in [0.25, 0.3) is 10.9 Å². The minimum Gasteiger partial charge on any atom is -0.497 e. The summed E-state index contributed by atoms with van der Waals surface area (Å²) in [4.78, 5) is 20.4. The van der Waals surface area contributed by atoms with Gasteiger partial charge in [-0.25, -0.2) is 4.79 Å². The number of aromatic nitrogens is 1. The lowest BCUT2D eigenvalue weighted by atomic mass is 9.73. The van der Waals surface area contributed by atoms with Crippen LogP contribution in [0, 0.1) is 11.8 Å². The highest BCUT2D eigenvalue weighted by Gasteiger charge is 2.44. The second-order valence-corrected chi connectivity index (χ2v) is 10.4. The lowest BCUT2D eigenvalue weighted by Crippen LogP contribution is -2.55. The first kappa shape index (κ1) is 25.9. The molecular weight excluding hydrogens is 502 g/mol. The highest BCUT2D eigenvalue weighted by Crippen LogP contribution is 2.43. The zero-order chi connectivity index (χ0) is 27.5. The minimum absolute atomic E-state index is 0.0548. The van der Waals surface area contributed by atoms with E-state index >= 15 is 0 Å². The van der Waals surface area contributed by atoms with E-state index in [1.807, 2.05) is 78.9 Å². The SMILES string of the molecule is C=C[C@H]1CN2CC[C@H]1C[C@H]2[C@H](OC(=O)Nc1ccc(Oc2ccccc2)cc1)c1ccnc2ccc(OC)cc12. The van der Waals surface area contributed by atoms with Crippen LogP contribution in [0.2, 0.25) is 0 Å². The molecule has 1 N–H and O–H groups in total. The zero-order valence-corrected chi connectivity index (χ0v) is 22.5. The van der Waals surface area contributed by atoms with Crippen molar-refractivity contribution in [2.24, 2.45) is 11.8 Å². The number of para-hydroxylation sites is 1. The van der Waals surface area contributed by atoms with Gasteiger partial charge >= 0.3 is 6.09 Å². The van der Waals surface area contributed by atoms with Crippen molar-refractivity contribution in [3.8, 4) is 17.2 Å². The molecule has 7 nitrogen and oxygen atoms in total. The zero-order valence-electron chi connectivity index (χ0n) is 22.5. The third kappa shape index (κ3) is 5.38. The Morgan fingerprint density at radius 3 is 2.55 bits per heavy atom. The molecule has 5 atom stereocenters. The van der Waals surface area contributed by atoms with Gasteiger partial charge in [-0.2, -0.15) is 0 Å². The van der Waals surface area contributed by atoms with Crippen molar-refractivity contribution in [3.05, 3.63) is 103 Å². The summed E-state index contributed by atoms with van der Waals surface area (Å²) in [5, 5.41) is 3.84. The molecule has 4 aromatic rings. The van der Waals surface area contributed by atoms with Gasteiger partial charge in [0.05, 0.1) is 18.7 Å². The fourth-order valence-corrected chi connectivity index (χ4v) is 6.06.